The summed E-state index contributed by atoms with van der Waals surface area (Å²) in [4.78, 5) is 80.3. The number of Topliss-reactive ketones (excluding diaryl/α,β-unsaturated/α-hetero) is 1. The SMILES string of the molecule is CCC[C@@H](C(=O)N[C@@H](C[C@@H]1CCNC1=O)C(=O)C(=O)NC1CC1)N(C)C(=O)[C@H](NC(=O)c1ccc(Cl)cc1)C1CCCC1. The zero-order valence-corrected chi connectivity index (χ0v) is 25.6. The maximum atomic E-state index is 14.0. The predicted molar refractivity (Wildman–Crippen MR) is 160 cm³/mol. The molecule has 12 heteroatoms. The van der Waals surface area contributed by atoms with Crippen LogP contribution in [0.1, 0.15) is 81.5 Å². The molecule has 4 rings (SSSR count). The second-order valence-corrected chi connectivity index (χ2v) is 12.4. The van der Waals surface area contributed by atoms with Gasteiger partial charge in [-0.25, -0.2) is 0 Å². The average Bonchev–Trinajstić information content (AvgIpc) is 3.45. The molecule has 1 aromatic carbocycles. The maximum Gasteiger partial charge on any atom is 0.289 e. The van der Waals surface area contributed by atoms with Crippen LogP contribution < -0.4 is 21.3 Å². The number of hydrogen-bond acceptors (Lipinski definition) is 6. The van der Waals surface area contributed by atoms with Gasteiger partial charge in [0, 0.05) is 36.1 Å². The van der Waals surface area contributed by atoms with Crippen LogP contribution in [0.2, 0.25) is 5.02 Å². The van der Waals surface area contributed by atoms with Gasteiger partial charge in [-0.15, -0.1) is 0 Å². The molecule has 0 unspecified atom stereocenters. The number of carbonyl (C=O) groups excluding carboxylic acids is 6. The lowest BCUT2D eigenvalue weighted by Gasteiger charge is -2.34. The number of hydrogen-bond donors (Lipinski definition) is 4. The van der Waals surface area contributed by atoms with Gasteiger partial charge in [0.1, 0.15) is 12.1 Å². The Hall–Kier alpha value is -3.47. The third-order valence-electron chi connectivity index (χ3n) is 8.66. The van der Waals surface area contributed by atoms with Crippen molar-refractivity contribution < 1.29 is 28.8 Å². The molecule has 1 saturated heterocycles. The van der Waals surface area contributed by atoms with E-state index in [1.54, 1.807) is 24.3 Å². The van der Waals surface area contributed by atoms with Gasteiger partial charge in [0.15, 0.2) is 0 Å². The van der Waals surface area contributed by atoms with Crippen molar-refractivity contribution in [3.05, 3.63) is 34.9 Å². The number of likely N-dealkylation sites (N-methyl/N-ethyl adjacent to an activating group) is 1. The van der Waals surface area contributed by atoms with E-state index < -0.39 is 53.5 Å². The Bertz CT molecular complexity index is 1210. The van der Waals surface area contributed by atoms with Gasteiger partial charge in [0.25, 0.3) is 11.8 Å². The number of nitrogens with one attached hydrogen (secondary N) is 4. The second kappa shape index (κ2) is 14.8. The van der Waals surface area contributed by atoms with E-state index in [-0.39, 0.29) is 24.3 Å². The number of amides is 5. The van der Waals surface area contributed by atoms with E-state index in [1.807, 2.05) is 6.92 Å². The molecule has 3 fully saturated rings. The number of halogens is 1. The van der Waals surface area contributed by atoms with Gasteiger partial charge in [-0.05, 0) is 75.1 Å². The molecule has 1 heterocycles. The molecule has 4 atom stereocenters. The van der Waals surface area contributed by atoms with Crippen molar-refractivity contribution in [2.24, 2.45) is 11.8 Å². The zero-order valence-electron chi connectivity index (χ0n) is 24.8. The van der Waals surface area contributed by atoms with Crippen LogP contribution in [-0.2, 0) is 24.0 Å². The van der Waals surface area contributed by atoms with E-state index in [2.05, 4.69) is 21.3 Å². The Balaban J connectivity index is 1.51. The van der Waals surface area contributed by atoms with E-state index in [1.165, 1.54) is 11.9 Å². The van der Waals surface area contributed by atoms with Crippen LogP contribution in [0.3, 0.4) is 0 Å². The molecule has 234 valence electrons. The topological polar surface area (TPSA) is 154 Å². The normalized spacial score (nSPS) is 20.4. The van der Waals surface area contributed by atoms with Crippen LogP contribution in [-0.4, -0.2) is 78.0 Å². The summed E-state index contributed by atoms with van der Waals surface area (Å²) in [6, 6.07) is 3.34. The van der Waals surface area contributed by atoms with Crippen LogP contribution in [0.4, 0.5) is 0 Å². The summed E-state index contributed by atoms with van der Waals surface area (Å²) in [7, 11) is 1.53. The van der Waals surface area contributed by atoms with Gasteiger partial charge in [-0.2, -0.15) is 0 Å². The highest BCUT2D eigenvalue weighted by atomic mass is 35.5. The molecular weight excluding hydrogens is 574 g/mol. The second-order valence-electron chi connectivity index (χ2n) is 11.9. The van der Waals surface area contributed by atoms with Gasteiger partial charge in [0.05, 0.1) is 6.04 Å². The smallest absolute Gasteiger partial charge is 0.289 e. The van der Waals surface area contributed by atoms with Gasteiger partial charge >= 0.3 is 0 Å². The minimum absolute atomic E-state index is 0.00710. The van der Waals surface area contributed by atoms with Crippen molar-refractivity contribution in [2.75, 3.05) is 13.6 Å². The van der Waals surface area contributed by atoms with Crippen molar-refractivity contribution in [3.8, 4) is 0 Å². The molecule has 1 aromatic rings. The average molecular weight is 616 g/mol. The zero-order chi connectivity index (χ0) is 31.1. The van der Waals surface area contributed by atoms with E-state index in [0.29, 0.717) is 36.4 Å². The Kier molecular flexibility index (Phi) is 11.2. The highest BCUT2D eigenvalue weighted by Gasteiger charge is 2.40. The summed E-state index contributed by atoms with van der Waals surface area (Å²) in [5.41, 5.74) is 0.368. The first kappa shape index (κ1) is 32.4. The van der Waals surface area contributed by atoms with Crippen LogP contribution in [0.15, 0.2) is 24.3 Å². The molecule has 5 amide bonds. The number of benzene rings is 1. The molecular formula is C31H42ClN5O6. The molecule has 4 N–H and O–H groups in total. The molecule has 0 spiro atoms. The molecule has 0 bridgehead atoms. The van der Waals surface area contributed by atoms with Crippen molar-refractivity contribution in [2.45, 2.75) is 95.3 Å². The third-order valence-corrected chi connectivity index (χ3v) is 8.91. The lowest BCUT2D eigenvalue weighted by molar-refractivity contribution is -0.144. The van der Waals surface area contributed by atoms with Crippen LogP contribution in [0.5, 0.6) is 0 Å². The molecule has 0 radical (unpaired) electrons. The van der Waals surface area contributed by atoms with Gasteiger partial charge in [-0.1, -0.05) is 37.8 Å². The van der Waals surface area contributed by atoms with Crippen molar-refractivity contribution in [3.63, 3.8) is 0 Å². The van der Waals surface area contributed by atoms with Crippen LogP contribution >= 0.6 is 11.6 Å². The van der Waals surface area contributed by atoms with Crippen molar-refractivity contribution in [1.29, 1.82) is 0 Å². The van der Waals surface area contributed by atoms with Gasteiger partial charge < -0.3 is 26.2 Å². The van der Waals surface area contributed by atoms with Gasteiger partial charge in [-0.3, -0.25) is 28.8 Å². The molecule has 11 nitrogen and oxygen atoms in total. The molecule has 3 aliphatic rings. The van der Waals surface area contributed by atoms with Crippen molar-refractivity contribution >= 4 is 46.9 Å². The van der Waals surface area contributed by atoms with Gasteiger partial charge in [0.2, 0.25) is 23.5 Å². The lowest BCUT2D eigenvalue weighted by Crippen LogP contribution is -2.58. The first-order valence-electron chi connectivity index (χ1n) is 15.3. The van der Waals surface area contributed by atoms with Crippen LogP contribution in [0.25, 0.3) is 0 Å². The molecule has 2 saturated carbocycles. The largest absolute Gasteiger partial charge is 0.356 e. The summed E-state index contributed by atoms with van der Waals surface area (Å²) in [5, 5.41) is 11.5. The summed E-state index contributed by atoms with van der Waals surface area (Å²) < 4.78 is 0. The Morgan fingerprint density at radius 2 is 1.67 bits per heavy atom. The minimum atomic E-state index is -1.21. The summed E-state index contributed by atoms with van der Waals surface area (Å²) in [5.74, 6) is -3.79. The maximum absolute atomic E-state index is 14.0. The summed E-state index contributed by atoms with van der Waals surface area (Å²) in [6.07, 6.45) is 6.36. The number of rotatable bonds is 14. The summed E-state index contributed by atoms with van der Waals surface area (Å²) in [6.45, 7) is 2.34. The number of nitrogens with zero attached hydrogens (tertiary/aromatic N) is 1. The number of ketones is 1. The molecule has 43 heavy (non-hydrogen) atoms. The number of carbonyl (C=O) groups is 6. The Morgan fingerprint density at radius 1 is 1.00 bits per heavy atom. The van der Waals surface area contributed by atoms with E-state index >= 15 is 0 Å². The van der Waals surface area contributed by atoms with Crippen molar-refractivity contribution in [1.82, 2.24) is 26.2 Å². The van der Waals surface area contributed by atoms with E-state index in [4.69, 9.17) is 11.6 Å². The Morgan fingerprint density at radius 3 is 2.26 bits per heavy atom. The monoisotopic (exact) mass is 615 g/mol. The Labute approximate surface area is 257 Å². The highest BCUT2D eigenvalue weighted by molar-refractivity contribution is 6.38. The third kappa shape index (κ3) is 8.55. The molecule has 1 aliphatic heterocycles. The molecule has 0 aromatic heterocycles. The lowest BCUT2D eigenvalue weighted by atomic mass is 9.94. The van der Waals surface area contributed by atoms with E-state index in [9.17, 15) is 28.8 Å². The summed E-state index contributed by atoms with van der Waals surface area (Å²) >= 11 is 5.97. The highest BCUT2D eigenvalue weighted by Crippen LogP contribution is 2.29. The van der Waals surface area contributed by atoms with E-state index in [0.717, 1.165) is 38.5 Å². The first-order valence-corrected chi connectivity index (χ1v) is 15.7. The van der Waals surface area contributed by atoms with Crippen LogP contribution in [0, 0.1) is 11.8 Å². The first-order chi connectivity index (χ1) is 20.6. The fourth-order valence-electron chi connectivity index (χ4n) is 5.94. The quantitative estimate of drug-likeness (QED) is 0.235. The predicted octanol–water partition coefficient (Wildman–Crippen LogP) is 2.11. The minimum Gasteiger partial charge on any atom is -0.356 e. The molecule has 2 aliphatic carbocycles. The fourth-order valence-corrected chi connectivity index (χ4v) is 6.07. The standard InChI is InChI=1S/C31H42ClN5O6/c1-3-6-24(29(41)35-23(17-20-15-16-33-27(20)39)26(38)30(42)34-22-13-14-22)37(2)31(43)25(18-7-4-5-8-18)36-28(40)19-9-11-21(32)12-10-19/h9-12,18,20,22-25H,3-8,13-17H2,1-2H3,(H,33,39)(H,34,42)(H,35,41)(H,36,40)/t20-,23-,24-,25+/m0/s1. The fraction of sp³-hybridized carbons (Fsp3) is 0.613.